The first-order valence-corrected chi connectivity index (χ1v) is 9.80. The van der Waals surface area contributed by atoms with E-state index in [9.17, 15) is 30.4 Å². The van der Waals surface area contributed by atoms with Crippen LogP contribution < -0.4 is 9.46 Å². The highest BCUT2D eigenvalue weighted by Crippen LogP contribution is 2.34. The van der Waals surface area contributed by atoms with E-state index in [1.807, 2.05) is 4.72 Å². The highest BCUT2D eigenvalue weighted by Gasteiger charge is 2.31. The molecule has 0 spiro atoms. The molecule has 0 atom stereocenters. The van der Waals surface area contributed by atoms with Crippen LogP contribution in [0.15, 0.2) is 59.6 Å². The van der Waals surface area contributed by atoms with Crippen LogP contribution in [0, 0.1) is 11.6 Å². The fourth-order valence-electron chi connectivity index (χ4n) is 2.23. The summed E-state index contributed by atoms with van der Waals surface area (Å²) in [6.07, 6.45) is -4.09. The van der Waals surface area contributed by atoms with Crippen LogP contribution in [0.2, 0.25) is 5.02 Å². The van der Waals surface area contributed by atoms with Gasteiger partial charge in [0, 0.05) is 12.3 Å². The molecule has 3 aromatic rings. The Labute approximate surface area is 172 Å². The fourth-order valence-corrected chi connectivity index (χ4v) is 3.50. The van der Waals surface area contributed by atoms with E-state index < -0.39 is 44.1 Å². The van der Waals surface area contributed by atoms with Crippen molar-refractivity contribution < 1.29 is 35.1 Å². The lowest BCUT2D eigenvalue weighted by molar-refractivity contribution is -0.137. The Hall–Kier alpha value is -2.92. The molecule has 0 amide bonds. The van der Waals surface area contributed by atoms with Crippen molar-refractivity contribution in [3.8, 4) is 11.6 Å². The van der Waals surface area contributed by atoms with Gasteiger partial charge in [-0.05, 0) is 42.5 Å². The third kappa shape index (κ3) is 4.97. The minimum absolute atomic E-state index is 0.0278. The molecule has 2 aromatic carbocycles. The first kappa shape index (κ1) is 21.8. The lowest BCUT2D eigenvalue weighted by Gasteiger charge is -2.11. The Morgan fingerprint density at radius 2 is 1.67 bits per heavy atom. The van der Waals surface area contributed by atoms with Gasteiger partial charge in [-0.3, -0.25) is 4.72 Å². The third-order valence-corrected chi connectivity index (χ3v) is 5.31. The summed E-state index contributed by atoms with van der Waals surface area (Å²) in [5.41, 5.74) is -1.63. The van der Waals surface area contributed by atoms with Crippen molar-refractivity contribution in [2.45, 2.75) is 11.1 Å². The van der Waals surface area contributed by atoms with Crippen LogP contribution in [0.3, 0.4) is 0 Å². The first-order valence-electron chi connectivity index (χ1n) is 7.94. The Balaban J connectivity index is 1.78. The van der Waals surface area contributed by atoms with Gasteiger partial charge in [-0.1, -0.05) is 11.6 Å². The number of rotatable bonds is 5. The normalized spacial score (nSPS) is 11.9. The Morgan fingerprint density at radius 3 is 2.27 bits per heavy atom. The largest absolute Gasteiger partial charge is 0.438 e. The number of anilines is 1. The monoisotopic (exact) mass is 464 g/mol. The molecule has 30 heavy (non-hydrogen) atoms. The van der Waals surface area contributed by atoms with Gasteiger partial charge in [-0.25, -0.2) is 22.2 Å². The minimum atomic E-state index is -4.63. The van der Waals surface area contributed by atoms with Crippen molar-refractivity contribution >= 4 is 27.3 Å². The molecule has 0 aliphatic heterocycles. The molecule has 1 aromatic heterocycles. The second-order valence-electron chi connectivity index (χ2n) is 5.81. The van der Waals surface area contributed by atoms with Crippen LogP contribution in [0.5, 0.6) is 11.6 Å². The molecule has 0 radical (unpaired) electrons. The SMILES string of the molecule is O=S(=O)(Nc1cc(F)ccc1F)c1ccc(Oc2ncc(C(F)(F)F)cc2Cl)cc1. The summed E-state index contributed by atoms with van der Waals surface area (Å²) >= 11 is 5.75. The number of halogens is 6. The number of nitrogens with zero attached hydrogens (tertiary/aromatic N) is 1. The molecule has 158 valence electrons. The second-order valence-corrected chi connectivity index (χ2v) is 7.90. The molecule has 1 N–H and O–H groups in total. The van der Waals surface area contributed by atoms with Crippen molar-refractivity contribution in [1.29, 1.82) is 0 Å². The van der Waals surface area contributed by atoms with Crippen molar-refractivity contribution in [2.75, 3.05) is 4.72 Å². The smallest absolute Gasteiger partial charge is 0.417 e. The maximum atomic E-state index is 13.7. The van der Waals surface area contributed by atoms with Crippen molar-refractivity contribution in [3.05, 3.63) is 76.9 Å². The predicted octanol–water partition coefficient (Wildman–Crippen LogP) is 5.63. The second kappa shape index (κ2) is 8.07. The Morgan fingerprint density at radius 1 is 1.00 bits per heavy atom. The van der Waals surface area contributed by atoms with E-state index in [1.54, 1.807) is 0 Å². The zero-order valence-electron chi connectivity index (χ0n) is 14.5. The van der Waals surface area contributed by atoms with Crippen molar-refractivity contribution in [3.63, 3.8) is 0 Å². The van der Waals surface area contributed by atoms with E-state index in [0.29, 0.717) is 18.3 Å². The number of hydrogen-bond donors (Lipinski definition) is 1. The Kier molecular flexibility index (Phi) is 5.86. The van der Waals surface area contributed by atoms with Gasteiger partial charge in [0.1, 0.15) is 22.4 Å². The number of benzene rings is 2. The number of ether oxygens (including phenoxy) is 1. The van der Waals surface area contributed by atoms with Crippen LogP contribution in [-0.2, 0) is 16.2 Å². The molecule has 5 nitrogen and oxygen atoms in total. The van der Waals surface area contributed by atoms with E-state index in [-0.39, 0.29) is 16.5 Å². The molecular weight excluding hydrogens is 455 g/mol. The van der Waals surface area contributed by atoms with Crippen LogP contribution in [-0.4, -0.2) is 13.4 Å². The summed E-state index contributed by atoms with van der Waals surface area (Å²) in [7, 11) is -4.25. The fraction of sp³-hybridized carbons (Fsp3) is 0.0556. The summed E-state index contributed by atoms with van der Waals surface area (Å²) in [6.45, 7) is 0. The van der Waals surface area contributed by atoms with Gasteiger partial charge in [0.2, 0.25) is 5.88 Å². The molecule has 0 aliphatic rings. The number of hydrogen-bond acceptors (Lipinski definition) is 4. The first-order chi connectivity index (χ1) is 14.0. The number of nitrogens with one attached hydrogen (secondary N) is 1. The number of sulfonamides is 1. The summed E-state index contributed by atoms with van der Waals surface area (Å²) in [5, 5.41) is -0.398. The highest BCUT2D eigenvalue weighted by atomic mass is 35.5. The predicted molar refractivity (Wildman–Crippen MR) is 97.9 cm³/mol. The van der Waals surface area contributed by atoms with E-state index >= 15 is 0 Å². The molecular formula is C18H10ClF5N2O3S. The molecule has 1 heterocycles. The number of pyridine rings is 1. The Bertz CT molecular complexity index is 1190. The van der Waals surface area contributed by atoms with E-state index in [4.69, 9.17) is 16.3 Å². The summed E-state index contributed by atoms with van der Waals surface area (Å²) in [6, 6.07) is 7.48. The highest BCUT2D eigenvalue weighted by molar-refractivity contribution is 7.92. The van der Waals surface area contributed by atoms with E-state index in [2.05, 4.69) is 4.98 Å². The van der Waals surface area contributed by atoms with Crippen LogP contribution in [0.25, 0.3) is 0 Å². The number of aromatic nitrogens is 1. The van der Waals surface area contributed by atoms with Gasteiger partial charge in [0.05, 0.1) is 16.1 Å². The minimum Gasteiger partial charge on any atom is -0.438 e. The molecule has 0 bridgehead atoms. The van der Waals surface area contributed by atoms with Crippen LogP contribution in [0.4, 0.5) is 27.6 Å². The van der Waals surface area contributed by atoms with Crippen molar-refractivity contribution in [1.82, 2.24) is 4.98 Å². The average molecular weight is 465 g/mol. The van der Waals surface area contributed by atoms with Crippen LogP contribution >= 0.6 is 11.6 Å². The van der Waals surface area contributed by atoms with E-state index in [0.717, 1.165) is 24.3 Å². The summed E-state index contributed by atoms with van der Waals surface area (Å²) in [5.74, 6) is -2.10. The molecule has 3 rings (SSSR count). The molecule has 0 unspecified atom stereocenters. The zero-order valence-corrected chi connectivity index (χ0v) is 16.1. The maximum absolute atomic E-state index is 13.7. The topological polar surface area (TPSA) is 68.3 Å². The van der Waals surface area contributed by atoms with Gasteiger partial charge >= 0.3 is 6.18 Å². The molecule has 0 saturated carbocycles. The van der Waals surface area contributed by atoms with Gasteiger partial charge < -0.3 is 4.74 Å². The molecule has 0 saturated heterocycles. The van der Waals surface area contributed by atoms with Crippen LogP contribution in [0.1, 0.15) is 5.56 Å². The van der Waals surface area contributed by atoms with Gasteiger partial charge in [0.25, 0.3) is 10.0 Å². The molecule has 0 fully saturated rings. The van der Waals surface area contributed by atoms with Gasteiger partial charge in [0.15, 0.2) is 0 Å². The van der Waals surface area contributed by atoms with Gasteiger partial charge in [-0.2, -0.15) is 13.2 Å². The number of alkyl halides is 3. The molecule has 0 aliphatic carbocycles. The molecule has 12 heteroatoms. The zero-order chi connectivity index (χ0) is 22.1. The maximum Gasteiger partial charge on any atom is 0.417 e. The van der Waals surface area contributed by atoms with Gasteiger partial charge in [-0.15, -0.1) is 0 Å². The average Bonchev–Trinajstić information content (AvgIpc) is 2.66. The van der Waals surface area contributed by atoms with E-state index in [1.165, 1.54) is 12.1 Å². The third-order valence-electron chi connectivity index (χ3n) is 3.66. The quantitative estimate of drug-likeness (QED) is 0.497. The summed E-state index contributed by atoms with van der Waals surface area (Å²) in [4.78, 5) is 3.20. The lowest BCUT2D eigenvalue weighted by Crippen LogP contribution is -2.14. The lowest BCUT2D eigenvalue weighted by atomic mass is 10.3. The standard InChI is InChI=1S/C18H10ClF5N2O3S/c19-14-7-10(18(22,23)24)9-25-17(14)29-12-2-4-13(5-3-12)30(27,28)26-16-8-11(20)1-6-15(16)21/h1-9,26H. The summed E-state index contributed by atoms with van der Waals surface area (Å²) < 4.78 is 96.6. The van der Waals surface area contributed by atoms with Crippen molar-refractivity contribution in [2.24, 2.45) is 0 Å².